The Hall–Kier alpha value is -0.410. The zero-order valence-electron chi connectivity index (χ0n) is 4.91. The SMILES string of the molecule is c1csc(CC2CO2)n1. The molecule has 0 radical (unpaired) electrons. The van der Waals surface area contributed by atoms with Gasteiger partial charge in [0.05, 0.1) is 17.7 Å². The van der Waals surface area contributed by atoms with E-state index in [-0.39, 0.29) is 0 Å². The third kappa shape index (κ3) is 1.28. The second kappa shape index (κ2) is 2.08. The normalized spacial score (nSPS) is 24.2. The molecular weight excluding hydrogens is 134 g/mol. The van der Waals surface area contributed by atoms with Crippen LogP contribution in [0.5, 0.6) is 0 Å². The number of hydrogen-bond donors (Lipinski definition) is 0. The molecule has 1 saturated heterocycles. The molecule has 1 aliphatic heterocycles. The topological polar surface area (TPSA) is 25.4 Å². The first-order valence-corrected chi connectivity index (χ1v) is 3.83. The van der Waals surface area contributed by atoms with Crippen molar-refractivity contribution in [3.63, 3.8) is 0 Å². The summed E-state index contributed by atoms with van der Waals surface area (Å²) in [5.41, 5.74) is 0. The van der Waals surface area contributed by atoms with Gasteiger partial charge in [-0.3, -0.25) is 0 Å². The van der Waals surface area contributed by atoms with Crippen LogP contribution in [0.1, 0.15) is 5.01 Å². The molecule has 0 spiro atoms. The van der Waals surface area contributed by atoms with Crippen LogP contribution in [0.4, 0.5) is 0 Å². The van der Waals surface area contributed by atoms with Gasteiger partial charge in [0, 0.05) is 18.0 Å². The summed E-state index contributed by atoms with van der Waals surface area (Å²) in [4.78, 5) is 4.13. The van der Waals surface area contributed by atoms with E-state index < -0.39 is 0 Å². The molecule has 2 rings (SSSR count). The van der Waals surface area contributed by atoms with Gasteiger partial charge in [0.2, 0.25) is 0 Å². The van der Waals surface area contributed by atoms with E-state index >= 15 is 0 Å². The molecule has 1 atom stereocenters. The predicted octanol–water partition coefficient (Wildman–Crippen LogP) is 1.08. The Labute approximate surface area is 57.5 Å². The van der Waals surface area contributed by atoms with Crippen LogP contribution >= 0.6 is 11.3 Å². The Morgan fingerprint density at radius 1 is 1.89 bits per heavy atom. The lowest BCUT2D eigenvalue weighted by Gasteiger charge is -1.84. The van der Waals surface area contributed by atoms with Crippen molar-refractivity contribution in [2.45, 2.75) is 12.5 Å². The summed E-state index contributed by atoms with van der Waals surface area (Å²) in [6.45, 7) is 0.930. The van der Waals surface area contributed by atoms with Gasteiger partial charge in [-0.2, -0.15) is 0 Å². The summed E-state index contributed by atoms with van der Waals surface area (Å²) in [5.74, 6) is 0. The third-order valence-corrected chi connectivity index (χ3v) is 2.09. The van der Waals surface area contributed by atoms with Gasteiger partial charge in [-0.25, -0.2) is 4.98 Å². The lowest BCUT2D eigenvalue weighted by Crippen LogP contribution is -1.90. The van der Waals surface area contributed by atoms with Crippen molar-refractivity contribution in [1.82, 2.24) is 4.98 Å². The summed E-state index contributed by atoms with van der Waals surface area (Å²) in [6, 6.07) is 0. The minimum absolute atomic E-state index is 0.483. The average molecular weight is 141 g/mol. The van der Waals surface area contributed by atoms with E-state index in [1.165, 1.54) is 5.01 Å². The number of thiazole rings is 1. The summed E-state index contributed by atoms with van der Waals surface area (Å²) in [5, 5.41) is 3.19. The fourth-order valence-electron chi connectivity index (χ4n) is 0.734. The molecule has 0 N–H and O–H groups in total. The molecule has 3 heteroatoms. The maximum atomic E-state index is 5.05. The lowest BCUT2D eigenvalue weighted by molar-refractivity contribution is 0.407. The fraction of sp³-hybridized carbons (Fsp3) is 0.500. The monoisotopic (exact) mass is 141 g/mol. The zero-order valence-corrected chi connectivity index (χ0v) is 5.73. The van der Waals surface area contributed by atoms with E-state index in [2.05, 4.69) is 4.98 Å². The Morgan fingerprint density at radius 3 is 3.33 bits per heavy atom. The molecule has 9 heavy (non-hydrogen) atoms. The molecule has 2 heterocycles. The lowest BCUT2D eigenvalue weighted by atomic mass is 10.3. The number of aromatic nitrogens is 1. The van der Waals surface area contributed by atoms with Crippen LogP contribution in [0.2, 0.25) is 0 Å². The molecule has 2 nitrogen and oxygen atoms in total. The maximum absolute atomic E-state index is 5.05. The Morgan fingerprint density at radius 2 is 2.78 bits per heavy atom. The maximum Gasteiger partial charge on any atom is 0.0951 e. The second-order valence-corrected chi connectivity index (χ2v) is 3.06. The quantitative estimate of drug-likeness (QED) is 0.576. The smallest absolute Gasteiger partial charge is 0.0951 e. The zero-order chi connectivity index (χ0) is 6.10. The van der Waals surface area contributed by atoms with Crippen molar-refractivity contribution in [2.24, 2.45) is 0 Å². The second-order valence-electron chi connectivity index (χ2n) is 2.09. The molecule has 1 aliphatic rings. The molecule has 0 bridgehead atoms. The molecule has 48 valence electrons. The highest BCUT2D eigenvalue weighted by atomic mass is 32.1. The molecule has 0 aromatic carbocycles. The van der Waals surface area contributed by atoms with Crippen molar-refractivity contribution < 1.29 is 4.74 Å². The first-order valence-electron chi connectivity index (χ1n) is 2.95. The van der Waals surface area contributed by atoms with Gasteiger partial charge in [-0.1, -0.05) is 0 Å². The van der Waals surface area contributed by atoms with Crippen LogP contribution in [0, 0.1) is 0 Å². The van der Waals surface area contributed by atoms with Crippen molar-refractivity contribution >= 4 is 11.3 Å². The summed E-state index contributed by atoms with van der Waals surface area (Å²) >= 11 is 1.70. The van der Waals surface area contributed by atoms with Crippen molar-refractivity contribution in [1.29, 1.82) is 0 Å². The Balaban J connectivity index is 1.99. The molecule has 1 aromatic rings. The van der Waals surface area contributed by atoms with Gasteiger partial charge in [-0.15, -0.1) is 11.3 Å². The van der Waals surface area contributed by atoms with Gasteiger partial charge in [-0.05, 0) is 0 Å². The number of epoxide rings is 1. The van der Waals surface area contributed by atoms with Gasteiger partial charge in [0.15, 0.2) is 0 Å². The van der Waals surface area contributed by atoms with Crippen molar-refractivity contribution in [2.75, 3.05) is 6.61 Å². The minimum Gasteiger partial charge on any atom is -0.373 e. The van der Waals surface area contributed by atoms with Gasteiger partial charge in [0.1, 0.15) is 0 Å². The molecule has 0 amide bonds. The van der Waals surface area contributed by atoms with E-state index in [0.717, 1.165) is 13.0 Å². The molecule has 1 aromatic heterocycles. The highest BCUT2D eigenvalue weighted by molar-refractivity contribution is 7.09. The van der Waals surface area contributed by atoms with Gasteiger partial charge < -0.3 is 4.74 Å². The van der Waals surface area contributed by atoms with Crippen LogP contribution in [-0.4, -0.2) is 17.7 Å². The summed E-state index contributed by atoms with van der Waals surface area (Å²) in [7, 11) is 0. The van der Waals surface area contributed by atoms with E-state index in [4.69, 9.17) is 4.74 Å². The Kier molecular flexibility index (Phi) is 1.24. The van der Waals surface area contributed by atoms with Crippen LogP contribution in [-0.2, 0) is 11.2 Å². The molecule has 1 unspecified atom stereocenters. The summed E-state index contributed by atoms with van der Waals surface area (Å²) in [6.07, 6.45) is 3.33. The third-order valence-electron chi connectivity index (χ3n) is 1.29. The van der Waals surface area contributed by atoms with Gasteiger partial charge >= 0.3 is 0 Å². The number of nitrogens with zero attached hydrogens (tertiary/aromatic N) is 1. The first-order chi connectivity index (χ1) is 4.45. The van der Waals surface area contributed by atoms with Crippen molar-refractivity contribution in [3.05, 3.63) is 16.6 Å². The van der Waals surface area contributed by atoms with E-state index in [0.29, 0.717) is 6.10 Å². The van der Waals surface area contributed by atoms with Crippen LogP contribution in [0.3, 0.4) is 0 Å². The molecular formula is C6H7NOS. The summed E-state index contributed by atoms with van der Waals surface area (Å²) < 4.78 is 5.05. The Bertz CT molecular complexity index is 181. The van der Waals surface area contributed by atoms with Crippen molar-refractivity contribution in [3.8, 4) is 0 Å². The molecule has 0 aliphatic carbocycles. The van der Waals surface area contributed by atoms with Gasteiger partial charge in [0.25, 0.3) is 0 Å². The number of hydrogen-bond acceptors (Lipinski definition) is 3. The standard InChI is InChI=1S/C6H7NOS/c1-2-9-6(7-1)3-5-4-8-5/h1-2,5H,3-4H2. The molecule has 0 saturated carbocycles. The fourth-order valence-corrected chi connectivity index (χ4v) is 1.42. The largest absolute Gasteiger partial charge is 0.373 e. The number of ether oxygens (including phenoxy) is 1. The predicted molar refractivity (Wildman–Crippen MR) is 35.6 cm³/mol. The van der Waals surface area contributed by atoms with E-state index in [1.807, 2.05) is 11.6 Å². The van der Waals surface area contributed by atoms with Crippen LogP contribution < -0.4 is 0 Å². The number of rotatable bonds is 2. The first kappa shape index (κ1) is 5.38. The average Bonchev–Trinajstić information content (AvgIpc) is 2.46. The highest BCUT2D eigenvalue weighted by Crippen LogP contribution is 2.16. The van der Waals surface area contributed by atoms with E-state index in [1.54, 1.807) is 11.3 Å². The highest BCUT2D eigenvalue weighted by Gasteiger charge is 2.23. The van der Waals surface area contributed by atoms with E-state index in [9.17, 15) is 0 Å². The minimum atomic E-state index is 0.483. The van der Waals surface area contributed by atoms with Crippen LogP contribution in [0.15, 0.2) is 11.6 Å². The molecule has 1 fully saturated rings. The van der Waals surface area contributed by atoms with Crippen LogP contribution in [0.25, 0.3) is 0 Å².